The zero-order valence-electron chi connectivity index (χ0n) is 23.7. The van der Waals surface area contributed by atoms with Crippen molar-refractivity contribution in [3.8, 4) is 22.6 Å². The van der Waals surface area contributed by atoms with E-state index >= 15 is 0 Å². The van der Waals surface area contributed by atoms with E-state index in [-0.39, 0.29) is 5.75 Å². The van der Waals surface area contributed by atoms with Gasteiger partial charge in [-0.25, -0.2) is 10.2 Å². The van der Waals surface area contributed by atoms with Crippen LogP contribution in [0.5, 0.6) is 11.5 Å². The number of nitrogens with zero attached hydrogens (tertiary/aromatic N) is 1. The summed E-state index contributed by atoms with van der Waals surface area (Å²) in [5, 5.41) is 5.64. The van der Waals surface area contributed by atoms with Gasteiger partial charge in [0.25, 0.3) is 5.91 Å². The number of hydrazone groups is 1. The number of nitrogens with one attached hydrogen (secondary N) is 2. The van der Waals surface area contributed by atoms with Crippen LogP contribution in [0.4, 0.5) is 0 Å². The Kier molecular flexibility index (Phi) is 8.41. The topological polar surface area (TPSA) is 92.8 Å². The van der Waals surface area contributed by atoms with Crippen molar-refractivity contribution in [1.82, 2.24) is 10.4 Å². The molecule has 0 fully saturated rings. The van der Waals surface area contributed by atoms with Crippen LogP contribution in [0, 0.1) is 20.8 Å². The van der Waals surface area contributed by atoms with Crippen LogP contribution < -0.4 is 14.9 Å². The first-order valence-electron chi connectivity index (χ1n) is 13.5. The highest BCUT2D eigenvalue weighted by molar-refractivity contribution is 6.34. The number of ether oxygens (including phenoxy) is 2. The quantitative estimate of drug-likeness (QED) is 0.0849. The molecule has 0 aliphatic heterocycles. The standard InChI is InChI=1S/C34H30ClN3O4/c1-5-41-29-18-23(12-15-28(29)42-34(40)24-13-10-20(2)11-14-24)19-36-38-33(39)32-30(25-8-6-7-9-27(25)35)26-17-21(3)16-22(4)31(26)37-32/h6-19,37H,5H2,1-4H3,(H,38,39). The predicted octanol–water partition coefficient (Wildman–Crippen LogP) is 7.80. The van der Waals surface area contributed by atoms with Crippen molar-refractivity contribution in [3.05, 3.63) is 117 Å². The highest BCUT2D eigenvalue weighted by atomic mass is 35.5. The second-order valence-corrected chi connectivity index (χ2v) is 10.4. The maximum absolute atomic E-state index is 13.4. The highest BCUT2D eigenvalue weighted by Gasteiger charge is 2.22. The van der Waals surface area contributed by atoms with E-state index in [1.807, 2.05) is 64.1 Å². The summed E-state index contributed by atoms with van der Waals surface area (Å²) >= 11 is 6.56. The fraction of sp³-hybridized carbons (Fsp3) is 0.147. The normalized spacial score (nSPS) is 11.2. The Bertz CT molecular complexity index is 1820. The van der Waals surface area contributed by atoms with Crippen molar-refractivity contribution in [2.24, 2.45) is 5.10 Å². The zero-order chi connectivity index (χ0) is 29.8. The number of hydrogen-bond acceptors (Lipinski definition) is 5. The fourth-order valence-electron chi connectivity index (χ4n) is 4.79. The second kappa shape index (κ2) is 12.3. The number of halogens is 1. The number of carbonyl (C=O) groups is 2. The van der Waals surface area contributed by atoms with Crippen LogP contribution in [0.1, 0.15) is 50.0 Å². The summed E-state index contributed by atoms with van der Waals surface area (Å²) in [5.41, 5.74) is 9.55. The molecule has 2 N–H and O–H groups in total. The molecule has 0 bridgehead atoms. The van der Waals surface area contributed by atoms with Crippen LogP contribution in [0.2, 0.25) is 5.02 Å². The molecule has 0 saturated carbocycles. The Labute approximate surface area is 249 Å². The first kappa shape index (κ1) is 28.6. The molecule has 212 valence electrons. The molecular weight excluding hydrogens is 550 g/mol. The van der Waals surface area contributed by atoms with Gasteiger partial charge in [0.15, 0.2) is 11.5 Å². The lowest BCUT2D eigenvalue weighted by Gasteiger charge is -2.11. The SMILES string of the molecule is CCOc1cc(C=NNC(=O)c2[nH]c3c(C)cc(C)cc3c2-c2ccccc2Cl)ccc1OC(=O)c1ccc(C)cc1. The molecule has 1 amide bonds. The molecule has 5 rings (SSSR count). The van der Waals surface area contributed by atoms with Crippen LogP contribution in [-0.2, 0) is 0 Å². The fourth-order valence-corrected chi connectivity index (χ4v) is 5.02. The van der Waals surface area contributed by atoms with Crippen LogP contribution in [0.3, 0.4) is 0 Å². The molecule has 4 aromatic carbocycles. The van der Waals surface area contributed by atoms with Crippen molar-refractivity contribution < 1.29 is 19.1 Å². The molecule has 0 aliphatic rings. The van der Waals surface area contributed by atoms with Gasteiger partial charge in [-0.1, -0.05) is 59.1 Å². The lowest BCUT2D eigenvalue weighted by atomic mass is 9.99. The van der Waals surface area contributed by atoms with Gasteiger partial charge in [-0.15, -0.1) is 0 Å². The molecular formula is C34H30ClN3O4. The zero-order valence-corrected chi connectivity index (χ0v) is 24.5. The van der Waals surface area contributed by atoms with Gasteiger partial charge in [0.1, 0.15) is 5.69 Å². The van der Waals surface area contributed by atoms with Gasteiger partial charge in [0.2, 0.25) is 0 Å². The Morgan fingerprint density at radius 1 is 0.929 bits per heavy atom. The lowest BCUT2D eigenvalue weighted by molar-refractivity contribution is 0.0728. The number of H-pyrrole nitrogens is 1. The molecule has 8 heteroatoms. The van der Waals surface area contributed by atoms with Crippen LogP contribution in [0.25, 0.3) is 22.0 Å². The van der Waals surface area contributed by atoms with Crippen LogP contribution >= 0.6 is 11.6 Å². The number of amides is 1. The smallest absolute Gasteiger partial charge is 0.343 e. The Morgan fingerprint density at radius 2 is 1.69 bits per heavy atom. The maximum atomic E-state index is 13.4. The summed E-state index contributed by atoms with van der Waals surface area (Å²) in [6.07, 6.45) is 1.50. The lowest BCUT2D eigenvalue weighted by Crippen LogP contribution is -2.19. The Hall–Kier alpha value is -4.88. The number of esters is 1. The first-order chi connectivity index (χ1) is 20.2. The number of hydrogen-bond donors (Lipinski definition) is 2. The van der Waals surface area contributed by atoms with Crippen molar-refractivity contribution in [2.45, 2.75) is 27.7 Å². The molecule has 0 atom stereocenters. The molecule has 7 nitrogen and oxygen atoms in total. The third-order valence-corrected chi connectivity index (χ3v) is 7.09. The second-order valence-electron chi connectivity index (χ2n) is 9.95. The number of rotatable bonds is 8. The molecule has 1 heterocycles. The summed E-state index contributed by atoms with van der Waals surface area (Å²) in [7, 11) is 0. The highest BCUT2D eigenvalue weighted by Crippen LogP contribution is 2.38. The van der Waals surface area contributed by atoms with Gasteiger partial charge in [-0.3, -0.25) is 4.79 Å². The number of carbonyl (C=O) groups excluding carboxylic acids is 2. The van der Waals surface area contributed by atoms with Crippen molar-refractivity contribution in [2.75, 3.05) is 6.61 Å². The molecule has 1 aromatic heterocycles. The van der Waals surface area contributed by atoms with E-state index in [0.29, 0.717) is 39.8 Å². The molecule has 5 aromatic rings. The molecule has 42 heavy (non-hydrogen) atoms. The Balaban J connectivity index is 1.39. The minimum absolute atomic E-state index is 0.289. The van der Waals surface area contributed by atoms with E-state index < -0.39 is 11.9 Å². The van der Waals surface area contributed by atoms with E-state index in [1.54, 1.807) is 36.4 Å². The van der Waals surface area contributed by atoms with Gasteiger partial charge >= 0.3 is 5.97 Å². The Morgan fingerprint density at radius 3 is 2.43 bits per heavy atom. The van der Waals surface area contributed by atoms with E-state index in [2.05, 4.69) is 21.6 Å². The van der Waals surface area contributed by atoms with E-state index in [1.165, 1.54) is 6.21 Å². The monoisotopic (exact) mass is 579 g/mol. The first-order valence-corrected chi connectivity index (χ1v) is 13.9. The molecule has 0 unspecified atom stereocenters. The largest absolute Gasteiger partial charge is 0.490 e. The molecule has 0 spiro atoms. The summed E-state index contributed by atoms with van der Waals surface area (Å²) in [4.78, 5) is 29.4. The maximum Gasteiger partial charge on any atom is 0.343 e. The van der Waals surface area contributed by atoms with Crippen molar-refractivity contribution >= 4 is 40.6 Å². The number of aryl methyl sites for hydroxylation is 3. The average Bonchev–Trinajstić information content (AvgIpc) is 3.34. The predicted molar refractivity (Wildman–Crippen MR) is 167 cm³/mol. The van der Waals surface area contributed by atoms with Gasteiger partial charge in [-0.2, -0.15) is 5.10 Å². The number of aromatic amines is 1. The summed E-state index contributed by atoms with van der Waals surface area (Å²) in [5.74, 6) is -0.224. The summed E-state index contributed by atoms with van der Waals surface area (Å²) in [6.45, 7) is 8.18. The minimum Gasteiger partial charge on any atom is -0.490 e. The third-order valence-electron chi connectivity index (χ3n) is 6.76. The molecule has 0 radical (unpaired) electrons. The minimum atomic E-state index is -0.484. The molecule has 0 aliphatic carbocycles. The van der Waals surface area contributed by atoms with Crippen molar-refractivity contribution in [1.29, 1.82) is 0 Å². The van der Waals surface area contributed by atoms with Crippen molar-refractivity contribution in [3.63, 3.8) is 0 Å². The van der Waals surface area contributed by atoms with E-state index in [4.69, 9.17) is 21.1 Å². The van der Waals surface area contributed by atoms with Gasteiger partial charge < -0.3 is 14.5 Å². The van der Waals surface area contributed by atoms with Gasteiger partial charge in [-0.05, 0) is 81.3 Å². The summed E-state index contributed by atoms with van der Waals surface area (Å²) in [6, 6.07) is 23.7. The molecule has 0 saturated heterocycles. The van der Waals surface area contributed by atoms with Gasteiger partial charge in [0, 0.05) is 27.1 Å². The van der Waals surface area contributed by atoms with E-state index in [9.17, 15) is 9.59 Å². The van der Waals surface area contributed by atoms with Crippen LogP contribution in [0.15, 0.2) is 84.0 Å². The van der Waals surface area contributed by atoms with Crippen LogP contribution in [-0.4, -0.2) is 29.7 Å². The third kappa shape index (κ3) is 6.06. The van der Waals surface area contributed by atoms with E-state index in [0.717, 1.165) is 33.2 Å². The van der Waals surface area contributed by atoms with Gasteiger partial charge in [0.05, 0.1) is 18.4 Å². The number of fused-ring (bicyclic) bond motifs is 1. The number of benzene rings is 4. The summed E-state index contributed by atoms with van der Waals surface area (Å²) < 4.78 is 11.3. The number of aromatic nitrogens is 1. The average molecular weight is 580 g/mol.